The zero-order valence-electron chi connectivity index (χ0n) is 21.9. The number of hydrogen-bond donors (Lipinski definition) is 0. The zero-order valence-corrected chi connectivity index (χ0v) is 21.9. The van der Waals surface area contributed by atoms with Crippen molar-refractivity contribution in [3.8, 4) is 11.1 Å². The first-order valence-electron chi connectivity index (χ1n) is 12.7. The fraction of sp³-hybridized carbons (Fsp3) is 0.300. The fourth-order valence-electron chi connectivity index (χ4n) is 5.07. The van der Waals surface area contributed by atoms with Crippen molar-refractivity contribution in [1.29, 1.82) is 0 Å². The van der Waals surface area contributed by atoms with Crippen molar-refractivity contribution in [1.82, 2.24) is 4.98 Å². The minimum Gasteiger partial charge on any atom is -0.378 e. The molecule has 0 atom stereocenters. The van der Waals surface area contributed by atoms with Gasteiger partial charge in [0.05, 0.1) is 29.9 Å². The molecule has 1 aliphatic heterocycles. The van der Waals surface area contributed by atoms with E-state index >= 15 is 0 Å². The first kappa shape index (κ1) is 27.8. The van der Waals surface area contributed by atoms with Gasteiger partial charge in [-0.2, -0.15) is 26.3 Å². The van der Waals surface area contributed by atoms with Gasteiger partial charge in [-0.15, -0.1) is 0 Å². The molecular formula is C30H27F6N3O. The number of pyridine rings is 1. The second-order valence-electron chi connectivity index (χ2n) is 9.88. The highest BCUT2D eigenvalue weighted by Gasteiger charge is 2.37. The van der Waals surface area contributed by atoms with Crippen LogP contribution in [0.25, 0.3) is 22.0 Å². The molecule has 10 heteroatoms. The van der Waals surface area contributed by atoms with Crippen LogP contribution in [0.2, 0.25) is 0 Å². The van der Waals surface area contributed by atoms with E-state index in [-0.39, 0.29) is 18.2 Å². The molecule has 1 fully saturated rings. The number of ether oxygens (including phenoxy) is 1. The number of benzene rings is 3. The summed E-state index contributed by atoms with van der Waals surface area (Å²) in [6.07, 6.45) is -9.82. The standard InChI is InChI=1S/C30H27F6N3O/c1-19-5-3-4-6-23(19)28-24-7-10-27(39-11-13-40-14-12-39)37-25(24)8-9-26(28)38(2)18-20-15-21(29(31,32)33)17-22(16-20)30(34,35)36/h3-10,15-17H,11-14,18H2,1-2H3. The van der Waals surface area contributed by atoms with Gasteiger partial charge in [-0.05, 0) is 66.1 Å². The van der Waals surface area contributed by atoms with E-state index in [1.54, 1.807) is 11.9 Å². The van der Waals surface area contributed by atoms with Crippen LogP contribution in [0, 0.1) is 6.92 Å². The Labute approximate surface area is 227 Å². The van der Waals surface area contributed by atoms with E-state index in [2.05, 4.69) is 4.90 Å². The van der Waals surface area contributed by atoms with Crippen LogP contribution in [0.4, 0.5) is 37.8 Å². The van der Waals surface area contributed by atoms with E-state index in [9.17, 15) is 26.3 Å². The van der Waals surface area contributed by atoms with Crippen molar-refractivity contribution >= 4 is 22.4 Å². The van der Waals surface area contributed by atoms with E-state index in [1.165, 1.54) is 0 Å². The Morgan fingerprint density at radius 2 is 1.50 bits per heavy atom. The van der Waals surface area contributed by atoms with E-state index in [0.717, 1.165) is 58.6 Å². The predicted molar refractivity (Wildman–Crippen MR) is 144 cm³/mol. The summed E-state index contributed by atoms with van der Waals surface area (Å²) in [7, 11) is 1.66. The molecular weight excluding hydrogens is 532 g/mol. The number of hydrogen-bond acceptors (Lipinski definition) is 4. The number of nitrogens with zero attached hydrogens (tertiary/aromatic N) is 3. The molecule has 0 aliphatic carbocycles. The van der Waals surface area contributed by atoms with Crippen molar-refractivity contribution in [2.75, 3.05) is 43.2 Å². The van der Waals surface area contributed by atoms with Crippen LogP contribution < -0.4 is 9.80 Å². The van der Waals surface area contributed by atoms with Crippen molar-refractivity contribution in [3.05, 3.63) is 89.0 Å². The third kappa shape index (κ3) is 5.72. The second-order valence-corrected chi connectivity index (χ2v) is 9.88. The Bertz CT molecular complexity index is 1490. The van der Waals surface area contributed by atoms with Crippen molar-refractivity contribution in [2.45, 2.75) is 25.8 Å². The number of rotatable bonds is 5. The van der Waals surface area contributed by atoms with E-state index in [0.29, 0.717) is 18.9 Å². The summed E-state index contributed by atoms with van der Waals surface area (Å²) in [5.41, 5.74) is 1.32. The van der Waals surface area contributed by atoms with Gasteiger partial charge in [0.25, 0.3) is 0 Å². The van der Waals surface area contributed by atoms with Gasteiger partial charge in [0.2, 0.25) is 0 Å². The number of aryl methyl sites for hydroxylation is 1. The monoisotopic (exact) mass is 559 g/mol. The van der Waals surface area contributed by atoms with Crippen LogP contribution in [-0.2, 0) is 23.6 Å². The molecule has 3 aromatic carbocycles. The van der Waals surface area contributed by atoms with Gasteiger partial charge in [-0.1, -0.05) is 24.3 Å². The average Bonchev–Trinajstić information content (AvgIpc) is 2.92. The molecule has 0 spiro atoms. The Morgan fingerprint density at radius 1 is 0.850 bits per heavy atom. The van der Waals surface area contributed by atoms with E-state index < -0.39 is 23.5 Å². The van der Waals surface area contributed by atoms with Crippen LogP contribution >= 0.6 is 0 Å². The van der Waals surface area contributed by atoms with Gasteiger partial charge in [-0.3, -0.25) is 0 Å². The molecule has 40 heavy (non-hydrogen) atoms. The van der Waals surface area contributed by atoms with Gasteiger partial charge in [0, 0.05) is 43.3 Å². The molecule has 0 N–H and O–H groups in total. The highest BCUT2D eigenvalue weighted by atomic mass is 19.4. The van der Waals surface area contributed by atoms with Crippen molar-refractivity contribution < 1.29 is 31.1 Å². The summed E-state index contributed by atoms with van der Waals surface area (Å²) < 4.78 is 86.3. The van der Waals surface area contributed by atoms with Crippen LogP contribution in [-0.4, -0.2) is 38.3 Å². The Kier molecular flexibility index (Phi) is 7.39. The number of morpholine rings is 1. The molecule has 2 heterocycles. The molecule has 210 valence electrons. The van der Waals surface area contributed by atoms with Gasteiger partial charge >= 0.3 is 12.4 Å². The lowest BCUT2D eigenvalue weighted by Gasteiger charge is -2.29. The second kappa shape index (κ2) is 10.6. The lowest BCUT2D eigenvalue weighted by Crippen LogP contribution is -2.36. The SMILES string of the molecule is Cc1ccccc1-c1c(N(C)Cc2cc(C(F)(F)F)cc(C(F)(F)F)c2)ccc2nc(N3CCOCC3)ccc12. The summed E-state index contributed by atoms with van der Waals surface area (Å²) in [5, 5.41) is 0.829. The number of alkyl halides is 6. The van der Waals surface area contributed by atoms with Gasteiger partial charge in [0.15, 0.2) is 0 Å². The molecule has 1 aromatic heterocycles. The fourth-order valence-corrected chi connectivity index (χ4v) is 5.07. The molecule has 1 aliphatic rings. The molecule has 0 radical (unpaired) electrons. The van der Waals surface area contributed by atoms with Crippen molar-refractivity contribution in [3.63, 3.8) is 0 Å². The smallest absolute Gasteiger partial charge is 0.378 e. The van der Waals surface area contributed by atoms with Crippen molar-refractivity contribution in [2.24, 2.45) is 0 Å². The minimum absolute atomic E-state index is 0.0960. The largest absolute Gasteiger partial charge is 0.416 e. The number of fused-ring (bicyclic) bond motifs is 1. The first-order valence-corrected chi connectivity index (χ1v) is 12.7. The van der Waals surface area contributed by atoms with Crippen LogP contribution in [0.1, 0.15) is 22.3 Å². The summed E-state index contributed by atoms with van der Waals surface area (Å²) in [4.78, 5) is 8.69. The maximum absolute atomic E-state index is 13.5. The van der Waals surface area contributed by atoms with Crippen LogP contribution in [0.15, 0.2) is 66.7 Å². The maximum atomic E-state index is 13.5. The molecule has 5 rings (SSSR count). The van der Waals surface area contributed by atoms with E-state index in [4.69, 9.17) is 9.72 Å². The summed E-state index contributed by atoms with van der Waals surface area (Å²) in [6.45, 7) is 4.46. The van der Waals surface area contributed by atoms with Gasteiger partial charge < -0.3 is 14.5 Å². The molecule has 0 amide bonds. The third-order valence-corrected chi connectivity index (χ3v) is 7.06. The number of anilines is 2. The molecule has 0 bridgehead atoms. The molecule has 4 nitrogen and oxygen atoms in total. The molecule has 0 saturated carbocycles. The Hall–Kier alpha value is -3.79. The highest BCUT2D eigenvalue weighted by molar-refractivity contribution is 6.02. The normalized spacial score (nSPS) is 14.6. The first-order chi connectivity index (χ1) is 18.9. The summed E-state index contributed by atoms with van der Waals surface area (Å²) in [6, 6.07) is 17.0. The lowest BCUT2D eigenvalue weighted by atomic mass is 9.94. The van der Waals surface area contributed by atoms with Gasteiger partial charge in [-0.25, -0.2) is 4.98 Å². The summed E-state index contributed by atoms with van der Waals surface area (Å²) in [5.74, 6) is 0.816. The summed E-state index contributed by atoms with van der Waals surface area (Å²) >= 11 is 0. The molecule has 1 saturated heterocycles. The molecule has 4 aromatic rings. The highest BCUT2D eigenvalue weighted by Crippen LogP contribution is 2.41. The zero-order chi connectivity index (χ0) is 28.7. The Balaban J connectivity index is 1.61. The maximum Gasteiger partial charge on any atom is 0.416 e. The van der Waals surface area contributed by atoms with Crippen LogP contribution in [0.3, 0.4) is 0 Å². The average molecular weight is 560 g/mol. The third-order valence-electron chi connectivity index (χ3n) is 7.06. The quantitative estimate of drug-likeness (QED) is 0.234. The number of halogens is 6. The number of aromatic nitrogens is 1. The minimum atomic E-state index is -4.91. The molecule has 0 unspecified atom stereocenters. The Morgan fingerprint density at radius 3 is 2.12 bits per heavy atom. The van der Waals surface area contributed by atoms with Gasteiger partial charge in [0.1, 0.15) is 5.82 Å². The van der Waals surface area contributed by atoms with E-state index in [1.807, 2.05) is 55.5 Å². The topological polar surface area (TPSA) is 28.6 Å². The van der Waals surface area contributed by atoms with Crippen LogP contribution in [0.5, 0.6) is 0 Å². The predicted octanol–water partition coefficient (Wildman–Crippen LogP) is 7.72. The lowest BCUT2D eigenvalue weighted by molar-refractivity contribution is -0.143.